The van der Waals surface area contributed by atoms with Crippen LogP contribution in [0.1, 0.15) is 5.69 Å². The number of alkyl halides is 3. The summed E-state index contributed by atoms with van der Waals surface area (Å²) < 4.78 is 75.4. The first-order valence-electron chi connectivity index (χ1n) is 7.30. The van der Waals surface area contributed by atoms with Gasteiger partial charge in [-0.05, 0) is 35.2 Å². The van der Waals surface area contributed by atoms with Crippen molar-refractivity contribution >= 4 is 45.7 Å². The number of nitrogens with one attached hydrogen (secondary N) is 1. The zero-order chi connectivity index (χ0) is 18.9. The summed E-state index contributed by atoms with van der Waals surface area (Å²) in [7, 11) is -2.48. The van der Waals surface area contributed by atoms with Crippen molar-refractivity contribution in [3.05, 3.63) is 41.8 Å². The summed E-state index contributed by atoms with van der Waals surface area (Å²) in [5, 5.41) is 2.66. The van der Waals surface area contributed by atoms with E-state index in [0.717, 1.165) is 22.5 Å². The van der Waals surface area contributed by atoms with Gasteiger partial charge in [-0.15, -0.1) is 0 Å². The molecule has 0 spiro atoms. The molecule has 1 aromatic carbocycles. The van der Waals surface area contributed by atoms with Crippen LogP contribution in [0.2, 0.25) is 0 Å². The molecule has 0 radical (unpaired) electrons. The maximum atomic E-state index is 13.1. The molecule has 27 heavy (non-hydrogen) atoms. The number of hydrogen-bond donors (Lipinski definition) is 1. The van der Waals surface area contributed by atoms with E-state index in [2.05, 4.69) is 15.3 Å². The van der Waals surface area contributed by atoms with Gasteiger partial charge in [-0.3, -0.25) is 0 Å². The number of aromatic nitrogens is 2. The number of rotatable bonds is 4. The van der Waals surface area contributed by atoms with Gasteiger partial charge in [-0.2, -0.15) is 18.2 Å². The van der Waals surface area contributed by atoms with Gasteiger partial charge in [0.25, 0.3) is 0 Å². The van der Waals surface area contributed by atoms with Gasteiger partial charge in [0, 0.05) is 24.8 Å². The number of hydrogen-bond acceptors (Lipinski definition) is 7. The zero-order valence-corrected chi connectivity index (χ0v) is 16.9. The summed E-state index contributed by atoms with van der Waals surface area (Å²) in [5.41, 5.74) is -0.832. The fourth-order valence-corrected chi connectivity index (χ4v) is 2.78. The first kappa shape index (κ1) is 21.4. The molecule has 0 bridgehead atoms. The van der Waals surface area contributed by atoms with Gasteiger partial charge in [0.15, 0.2) is 5.69 Å². The van der Waals surface area contributed by atoms with E-state index in [1.807, 2.05) is 0 Å². The minimum absolute atomic E-state index is 0. The van der Waals surface area contributed by atoms with E-state index in [1.54, 1.807) is 0 Å². The molecule has 3 rings (SSSR count). The fraction of sp³-hybridized carbons (Fsp3) is 0.286. The average Bonchev–Trinajstić information content (AvgIpc) is 3.06. The normalized spacial score (nSPS) is 15.1. The third-order valence-corrected chi connectivity index (χ3v) is 4.28. The summed E-state index contributed by atoms with van der Waals surface area (Å²) >= 11 is 0. The number of benzene rings is 1. The van der Waals surface area contributed by atoms with E-state index in [-0.39, 0.29) is 48.9 Å². The van der Waals surface area contributed by atoms with Crippen LogP contribution in [-0.2, 0) is 25.5 Å². The van der Waals surface area contributed by atoms with Crippen LogP contribution in [0.5, 0.6) is 0 Å². The van der Waals surface area contributed by atoms with Crippen molar-refractivity contribution in [2.24, 2.45) is 0 Å². The van der Waals surface area contributed by atoms with Gasteiger partial charge < -0.3 is 22.9 Å². The molecule has 144 valence electrons. The van der Waals surface area contributed by atoms with Crippen LogP contribution in [-0.4, -0.2) is 51.4 Å². The van der Waals surface area contributed by atoms with E-state index in [4.69, 9.17) is 0 Å². The molecule has 1 aliphatic rings. The molecule has 0 unspecified atom stereocenters. The van der Waals surface area contributed by atoms with Crippen molar-refractivity contribution < 1.29 is 26.0 Å². The molecule has 1 fully saturated rings. The molecule has 0 amide bonds. The van der Waals surface area contributed by atoms with Crippen molar-refractivity contribution in [3.8, 4) is 0 Å². The van der Waals surface area contributed by atoms with E-state index in [0.29, 0.717) is 5.69 Å². The van der Waals surface area contributed by atoms with Crippen LogP contribution < -0.4 is 10.2 Å². The average molecular weight is 419 g/mol. The third-order valence-electron chi connectivity index (χ3n) is 3.56. The van der Waals surface area contributed by atoms with Crippen LogP contribution in [0.25, 0.3) is 0 Å². The Balaban J connectivity index is 0.00000261. The van der Waals surface area contributed by atoms with Crippen LogP contribution in [0.15, 0.2) is 30.3 Å². The first-order valence-corrected chi connectivity index (χ1v) is 8.34. The summed E-state index contributed by atoms with van der Waals surface area (Å²) in [4.78, 5) is 8.84. The van der Waals surface area contributed by atoms with Crippen LogP contribution in [0, 0.1) is 5.82 Å². The van der Waals surface area contributed by atoms with E-state index < -0.39 is 28.6 Å². The Kier molecular flexibility index (Phi) is 6.64. The quantitative estimate of drug-likeness (QED) is 0.463. The van der Waals surface area contributed by atoms with E-state index in [1.165, 1.54) is 17.0 Å². The molecule has 2 aromatic rings. The zero-order valence-electron chi connectivity index (χ0n) is 14.0. The predicted molar refractivity (Wildman–Crippen MR) is 92.9 cm³/mol. The summed E-state index contributed by atoms with van der Waals surface area (Å²) in [6.07, 6.45) is -4.71. The second kappa shape index (κ2) is 8.39. The third kappa shape index (κ3) is 5.29. The van der Waals surface area contributed by atoms with E-state index in [9.17, 15) is 26.0 Å². The van der Waals surface area contributed by atoms with Gasteiger partial charge >= 0.3 is 23.5 Å². The van der Waals surface area contributed by atoms with Gasteiger partial charge in [0.1, 0.15) is 11.6 Å². The number of nitrogens with zero attached hydrogens (tertiary/aromatic N) is 4. The Hall–Kier alpha value is -1.94. The Morgan fingerprint density at radius 3 is 2.30 bits per heavy atom. The molecule has 0 atom stereocenters. The van der Waals surface area contributed by atoms with Crippen molar-refractivity contribution in [1.29, 1.82) is 0 Å². The minimum atomic E-state index is -4.71. The van der Waals surface area contributed by atoms with Crippen molar-refractivity contribution in [2.75, 3.05) is 30.0 Å². The molecule has 2 heterocycles. The second-order valence-electron chi connectivity index (χ2n) is 5.40. The van der Waals surface area contributed by atoms with Crippen LogP contribution >= 0.6 is 0 Å². The summed E-state index contributed by atoms with van der Waals surface area (Å²) in [6.45, 7) is 0.134. The molecular formula is C14H14AlF4N5O2S. The van der Waals surface area contributed by atoms with E-state index >= 15 is 0 Å². The topological polar surface area (TPSA) is 78.4 Å². The fourth-order valence-electron chi connectivity index (χ4n) is 2.32. The van der Waals surface area contributed by atoms with Crippen LogP contribution in [0.4, 0.5) is 35.0 Å². The Morgan fingerprint density at radius 2 is 1.74 bits per heavy atom. The summed E-state index contributed by atoms with van der Waals surface area (Å²) in [5.74, 6) is -0.884. The monoisotopic (exact) mass is 419 g/mol. The maximum absolute atomic E-state index is 13.1. The molecule has 1 N–H and O–H groups in total. The molecule has 13 heteroatoms. The molecule has 0 saturated carbocycles. The molecule has 7 nitrogen and oxygen atoms in total. The van der Waals surface area contributed by atoms with Gasteiger partial charge in [0.05, 0.1) is 6.67 Å². The predicted octanol–water partition coefficient (Wildman–Crippen LogP) is 1.77. The summed E-state index contributed by atoms with van der Waals surface area (Å²) in [6, 6.07) is 5.73. The van der Waals surface area contributed by atoms with Crippen molar-refractivity contribution in [3.63, 3.8) is 0 Å². The molecule has 1 saturated heterocycles. The molecule has 1 aromatic heterocycles. The standard InChI is InChI=1S/C14H12F4N5O2S.Al.2H/c15-9-1-3-10(4-2-9)19-12-7-11(14(16,17)18)20-13(21-12)22-5-6-23(8-22)26(24)25;;;/h1-4,7H,5-6,8H2,(H,19,20,21);;;/q-1;+1;;. The Labute approximate surface area is 164 Å². The second-order valence-corrected chi connectivity index (χ2v) is 6.35. The van der Waals surface area contributed by atoms with Crippen molar-refractivity contribution in [2.45, 2.75) is 6.18 Å². The first-order chi connectivity index (χ1) is 12.2. The molecular weight excluding hydrogens is 405 g/mol. The Bertz CT molecular complexity index is 871. The van der Waals surface area contributed by atoms with Crippen LogP contribution in [0.3, 0.4) is 0 Å². The SMILES string of the molecule is O=[S-](=O)N1CCN(c2nc(Nc3ccc(F)cc3)cc(C(F)(F)F)n2)C1.[AlH2+]. The van der Waals surface area contributed by atoms with Gasteiger partial charge in [-0.25, -0.2) is 9.37 Å². The van der Waals surface area contributed by atoms with Gasteiger partial charge in [0.2, 0.25) is 5.95 Å². The Morgan fingerprint density at radius 1 is 1.07 bits per heavy atom. The molecule has 0 aliphatic carbocycles. The number of anilines is 3. The molecule has 1 aliphatic heterocycles. The number of halogens is 4. The van der Waals surface area contributed by atoms with Crippen molar-refractivity contribution in [1.82, 2.24) is 14.3 Å². The van der Waals surface area contributed by atoms with Gasteiger partial charge in [-0.1, -0.05) is 0 Å².